The number of carbonyl (C=O) groups excluding carboxylic acids is 2. The first kappa shape index (κ1) is 22.1. The summed E-state index contributed by atoms with van der Waals surface area (Å²) in [5.41, 5.74) is 2.36. The number of fused-ring (bicyclic) bond motifs is 6. The third kappa shape index (κ3) is 2.36. The van der Waals surface area contributed by atoms with Crippen LogP contribution in [0.15, 0.2) is 11.6 Å². The summed E-state index contributed by atoms with van der Waals surface area (Å²) in [4.78, 5) is 28.3. The smallest absolute Gasteiger partial charge is 0.233 e. The third-order valence-corrected chi connectivity index (χ3v) is 13.0. The van der Waals surface area contributed by atoms with Crippen molar-refractivity contribution in [3.8, 4) is 0 Å². The molecule has 6 fully saturated rings. The van der Waals surface area contributed by atoms with Crippen molar-refractivity contribution in [2.24, 2.45) is 75.9 Å². The van der Waals surface area contributed by atoms with Crippen molar-refractivity contribution in [2.75, 3.05) is 13.2 Å². The van der Waals surface area contributed by atoms with Crippen LogP contribution in [0.4, 0.5) is 0 Å². The zero-order valence-corrected chi connectivity index (χ0v) is 21.5. The van der Waals surface area contributed by atoms with Crippen LogP contribution in [0.3, 0.4) is 0 Å². The Bertz CT molecular complexity index is 970. The van der Waals surface area contributed by atoms with Gasteiger partial charge in [-0.15, -0.1) is 0 Å². The zero-order chi connectivity index (χ0) is 23.7. The van der Waals surface area contributed by atoms with E-state index >= 15 is 0 Å². The van der Waals surface area contributed by atoms with Gasteiger partial charge in [0.05, 0.1) is 25.0 Å². The summed E-state index contributed by atoms with van der Waals surface area (Å²) in [6.45, 7) is 9.99. The van der Waals surface area contributed by atoms with Gasteiger partial charge in [0.15, 0.2) is 0 Å². The molecule has 4 nitrogen and oxygen atoms in total. The predicted octanol–water partition coefficient (Wildman–Crippen LogP) is 4.92. The molecule has 1 saturated heterocycles. The minimum atomic E-state index is -0.120. The number of amides is 2. The molecule has 186 valence electrons. The molecule has 1 heterocycles. The minimum Gasteiger partial charge on any atom is -0.395 e. The van der Waals surface area contributed by atoms with Gasteiger partial charge in [0.25, 0.3) is 0 Å². The molecule has 0 radical (unpaired) electrons. The average Bonchev–Trinajstić information content (AvgIpc) is 3.46. The van der Waals surface area contributed by atoms with E-state index in [0.29, 0.717) is 40.9 Å². The lowest BCUT2D eigenvalue weighted by atomic mass is 9.34. The SMILES string of the molecule is CC(C)C1=CC23CCC4C(C)CCCC4(C)C2CC1C1C2CC(C4C(=O)N(CCO)C(=O)C24)C13. The maximum atomic E-state index is 13.5. The van der Waals surface area contributed by atoms with Crippen LogP contribution >= 0.6 is 0 Å². The van der Waals surface area contributed by atoms with Gasteiger partial charge in [0.2, 0.25) is 11.8 Å². The number of allylic oxidation sites excluding steroid dienone is 2. The lowest BCUT2D eigenvalue weighted by molar-refractivity contribution is -0.184. The number of hydrogen-bond donors (Lipinski definition) is 1. The average molecular weight is 466 g/mol. The van der Waals surface area contributed by atoms with Crippen LogP contribution in [-0.4, -0.2) is 35.0 Å². The predicted molar refractivity (Wildman–Crippen MR) is 130 cm³/mol. The Morgan fingerprint density at radius 3 is 2.53 bits per heavy atom. The Morgan fingerprint density at radius 2 is 1.82 bits per heavy atom. The molecule has 0 aromatic rings. The molecule has 12 unspecified atom stereocenters. The number of aliphatic hydroxyl groups excluding tert-OH is 1. The largest absolute Gasteiger partial charge is 0.395 e. The standard InChI is InChI=1S/C30H43NO3/c1-15(2)20-14-30-9-7-21-16(3)6-5-8-29(21,4)22(30)13-17(20)23-18-12-19(26(23)30)25-24(18)27(33)31(10-11-32)28(25)34/h14-19,21-26,32H,5-13H2,1-4H3. The van der Waals surface area contributed by atoms with Crippen LogP contribution < -0.4 is 0 Å². The topological polar surface area (TPSA) is 57.6 Å². The highest BCUT2D eigenvalue weighted by atomic mass is 16.3. The maximum Gasteiger partial charge on any atom is 0.233 e. The van der Waals surface area contributed by atoms with Crippen LogP contribution in [0.25, 0.3) is 0 Å². The summed E-state index contributed by atoms with van der Waals surface area (Å²) in [6, 6.07) is 0. The van der Waals surface area contributed by atoms with Crippen molar-refractivity contribution < 1.29 is 14.7 Å². The first-order chi connectivity index (χ1) is 16.2. The summed E-state index contributed by atoms with van der Waals surface area (Å²) < 4.78 is 0. The van der Waals surface area contributed by atoms with Crippen LogP contribution in [0, 0.1) is 75.9 Å². The number of β-amino-alcohol motifs (C(OH)–C–C–N with tert-alkyl or cyclic N) is 1. The van der Waals surface area contributed by atoms with E-state index in [1.165, 1.54) is 43.4 Å². The molecular weight excluding hydrogens is 422 g/mol. The van der Waals surface area contributed by atoms with Gasteiger partial charge in [-0.25, -0.2) is 0 Å². The molecule has 8 rings (SSSR count). The summed E-state index contributed by atoms with van der Waals surface area (Å²) in [5.74, 6) is 5.42. The highest BCUT2D eigenvalue weighted by Crippen LogP contribution is 2.79. The summed E-state index contributed by atoms with van der Waals surface area (Å²) in [7, 11) is 0. The number of hydrogen-bond acceptors (Lipinski definition) is 3. The fourth-order valence-corrected chi connectivity index (χ4v) is 12.2. The lowest BCUT2D eigenvalue weighted by Gasteiger charge is -2.70. The molecule has 4 bridgehead atoms. The monoisotopic (exact) mass is 465 g/mol. The van der Waals surface area contributed by atoms with E-state index in [-0.39, 0.29) is 42.2 Å². The second kappa shape index (κ2) is 6.99. The Balaban J connectivity index is 1.35. The molecule has 0 aromatic heterocycles. The zero-order valence-electron chi connectivity index (χ0n) is 21.5. The molecule has 34 heavy (non-hydrogen) atoms. The molecule has 8 aliphatic rings. The first-order valence-electron chi connectivity index (χ1n) is 14.4. The highest BCUT2D eigenvalue weighted by Gasteiger charge is 2.76. The molecule has 1 spiro atoms. The normalized spacial score (nSPS) is 54.8. The van der Waals surface area contributed by atoms with E-state index < -0.39 is 0 Å². The number of aliphatic hydroxyl groups is 1. The van der Waals surface area contributed by atoms with Crippen LogP contribution in [0.5, 0.6) is 0 Å². The van der Waals surface area contributed by atoms with E-state index in [2.05, 4.69) is 33.8 Å². The van der Waals surface area contributed by atoms with E-state index in [1.807, 2.05) is 0 Å². The number of carbonyl (C=O) groups is 2. The minimum absolute atomic E-state index is 0.0392. The summed E-state index contributed by atoms with van der Waals surface area (Å²) in [6.07, 6.45) is 12.0. The van der Waals surface area contributed by atoms with Crippen molar-refractivity contribution in [2.45, 2.75) is 72.6 Å². The van der Waals surface area contributed by atoms with Crippen LogP contribution in [0.2, 0.25) is 0 Å². The van der Waals surface area contributed by atoms with Crippen molar-refractivity contribution >= 4 is 11.8 Å². The van der Waals surface area contributed by atoms with Crippen LogP contribution in [-0.2, 0) is 9.59 Å². The van der Waals surface area contributed by atoms with Gasteiger partial charge in [-0.1, -0.05) is 52.2 Å². The second-order valence-corrected chi connectivity index (χ2v) is 14.1. The van der Waals surface area contributed by atoms with E-state index in [1.54, 1.807) is 5.57 Å². The molecule has 2 amide bonds. The molecule has 5 saturated carbocycles. The highest BCUT2D eigenvalue weighted by molar-refractivity contribution is 6.06. The number of imide groups is 1. The maximum absolute atomic E-state index is 13.5. The fraction of sp³-hybridized carbons (Fsp3) is 0.867. The Morgan fingerprint density at radius 1 is 1.09 bits per heavy atom. The molecule has 0 aromatic carbocycles. The van der Waals surface area contributed by atoms with Crippen molar-refractivity contribution in [1.29, 1.82) is 0 Å². The van der Waals surface area contributed by atoms with E-state index in [9.17, 15) is 14.7 Å². The molecule has 7 aliphatic carbocycles. The number of likely N-dealkylation sites (tertiary alicyclic amines) is 1. The Labute approximate surface area is 204 Å². The van der Waals surface area contributed by atoms with E-state index in [4.69, 9.17) is 0 Å². The van der Waals surface area contributed by atoms with Gasteiger partial charge in [0.1, 0.15) is 0 Å². The molecular formula is C30H43NO3. The van der Waals surface area contributed by atoms with Gasteiger partial charge in [0, 0.05) is 0 Å². The van der Waals surface area contributed by atoms with Gasteiger partial charge in [-0.3, -0.25) is 14.5 Å². The Kier molecular flexibility index (Phi) is 4.53. The number of nitrogens with zero attached hydrogens (tertiary/aromatic N) is 1. The van der Waals surface area contributed by atoms with Gasteiger partial charge < -0.3 is 5.11 Å². The van der Waals surface area contributed by atoms with Gasteiger partial charge in [-0.2, -0.15) is 0 Å². The lowest BCUT2D eigenvalue weighted by Crippen LogP contribution is -2.64. The molecule has 1 N–H and O–H groups in total. The fourth-order valence-electron chi connectivity index (χ4n) is 12.2. The van der Waals surface area contributed by atoms with Gasteiger partial charge >= 0.3 is 0 Å². The van der Waals surface area contributed by atoms with Crippen molar-refractivity contribution in [3.63, 3.8) is 0 Å². The van der Waals surface area contributed by atoms with Gasteiger partial charge in [-0.05, 0) is 96.2 Å². The molecule has 1 aliphatic heterocycles. The number of rotatable bonds is 3. The third-order valence-electron chi connectivity index (χ3n) is 13.0. The van der Waals surface area contributed by atoms with Crippen molar-refractivity contribution in [3.05, 3.63) is 11.6 Å². The van der Waals surface area contributed by atoms with E-state index in [0.717, 1.165) is 24.2 Å². The Hall–Kier alpha value is -1.16. The molecule has 12 atom stereocenters. The summed E-state index contributed by atoms with van der Waals surface area (Å²) >= 11 is 0. The second-order valence-electron chi connectivity index (χ2n) is 14.1. The molecule has 4 heteroatoms. The van der Waals surface area contributed by atoms with Crippen molar-refractivity contribution in [1.82, 2.24) is 4.90 Å². The quantitative estimate of drug-likeness (QED) is 0.476. The first-order valence-corrected chi connectivity index (χ1v) is 14.4. The summed E-state index contributed by atoms with van der Waals surface area (Å²) in [5, 5.41) is 9.53. The van der Waals surface area contributed by atoms with Crippen LogP contribution in [0.1, 0.15) is 72.6 Å².